The van der Waals surface area contributed by atoms with Gasteiger partial charge in [-0.15, -0.1) is 0 Å². The van der Waals surface area contributed by atoms with Crippen LogP contribution in [0.1, 0.15) is 5.56 Å². The SMILES string of the molecule is NC(=S)c1ccc(NS(=O)(=O)C(F)F)c(Cl)c1. The Bertz CT molecular complexity index is 548. The average molecular weight is 301 g/mol. The van der Waals surface area contributed by atoms with Crippen LogP contribution in [-0.4, -0.2) is 19.2 Å². The van der Waals surface area contributed by atoms with E-state index in [1.165, 1.54) is 18.2 Å². The predicted molar refractivity (Wildman–Crippen MR) is 65.9 cm³/mol. The summed E-state index contributed by atoms with van der Waals surface area (Å²) in [5.74, 6) is -3.53. The third-order valence-corrected chi connectivity index (χ3v) is 3.26. The fourth-order valence-corrected chi connectivity index (χ4v) is 1.93. The van der Waals surface area contributed by atoms with Gasteiger partial charge in [-0.3, -0.25) is 4.72 Å². The number of nitrogens with two attached hydrogens (primary N) is 1. The second kappa shape index (κ2) is 5.11. The Kier molecular flexibility index (Phi) is 4.23. The lowest BCUT2D eigenvalue weighted by Gasteiger charge is -2.09. The van der Waals surface area contributed by atoms with Crippen LogP contribution in [0.3, 0.4) is 0 Å². The third kappa shape index (κ3) is 3.48. The summed E-state index contributed by atoms with van der Waals surface area (Å²) < 4.78 is 47.7. The summed E-state index contributed by atoms with van der Waals surface area (Å²) in [7, 11) is -4.74. The number of thiocarbonyl (C=S) groups is 1. The van der Waals surface area contributed by atoms with Gasteiger partial charge >= 0.3 is 5.76 Å². The summed E-state index contributed by atoms with van der Waals surface area (Å²) in [5, 5.41) is -0.0699. The minimum Gasteiger partial charge on any atom is -0.389 e. The van der Waals surface area contributed by atoms with Crippen molar-refractivity contribution in [3.05, 3.63) is 28.8 Å². The van der Waals surface area contributed by atoms with E-state index in [1.807, 2.05) is 0 Å². The van der Waals surface area contributed by atoms with E-state index in [-0.39, 0.29) is 15.7 Å². The monoisotopic (exact) mass is 300 g/mol. The first-order chi connectivity index (χ1) is 7.74. The fourth-order valence-electron chi connectivity index (χ4n) is 0.949. The smallest absolute Gasteiger partial charge is 0.355 e. The molecule has 17 heavy (non-hydrogen) atoms. The summed E-state index contributed by atoms with van der Waals surface area (Å²) >= 11 is 10.4. The van der Waals surface area contributed by atoms with E-state index in [4.69, 9.17) is 17.3 Å². The summed E-state index contributed by atoms with van der Waals surface area (Å²) in [6.45, 7) is 0. The van der Waals surface area contributed by atoms with Gasteiger partial charge in [0, 0.05) is 5.56 Å². The second-order valence-corrected chi connectivity index (χ2v) is 5.46. The summed E-state index contributed by atoms with van der Waals surface area (Å²) in [4.78, 5) is 0.0650. The third-order valence-electron chi connectivity index (χ3n) is 1.74. The van der Waals surface area contributed by atoms with Crippen LogP contribution >= 0.6 is 23.8 Å². The minimum atomic E-state index is -4.74. The maximum atomic E-state index is 12.1. The Balaban J connectivity index is 3.06. The highest BCUT2D eigenvalue weighted by molar-refractivity contribution is 7.93. The Labute approximate surface area is 107 Å². The lowest BCUT2D eigenvalue weighted by Crippen LogP contribution is -2.21. The number of nitrogens with one attached hydrogen (secondary N) is 1. The number of anilines is 1. The van der Waals surface area contributed by atoms with Crippen LogP contribution in [-0.2, 0) is 10.0 Å². The molecule has 0 atom stereocenters. The van der Waals surface area contributed by atoms with Gasteiger partial charge in [0.1, 0.15) is 4.99 Å². The first kappa shape index (κ1) is 14.1. The highest BCUT2D eigenvalue weighted by Crippen LogP contribution is 2.25. The molecule has 0 saturated heterocycles. The molecule has 0 heterocycles. The molecule has 0 aromatic heterocycles. The van der Waals surface area contributed by atoms with E-state index in [1.54, 1.807) is 4.72 Å². The average Bonchev–Trinajstić information content (AvgIpc) is 2.20. The van der Waals surface area contributed by atoms with Crippen molar-refractivity contribution in [3.63, 3.8) is 0 Å². The zero-order chi connectivity index (χ0) is 13.2. The maximum Gasteiger partial charge on any atom is 0.355 e. The molecule has 0 aliphatic carbocycles. The van der Waals surface area contributed by atoms with E-state index in [0.29, 0.717) is 5.56 Å². The van der Waals surface area contributed by atoms with E-state index in [2.05, 4.69) is 12.2 Å². The van der Waals surface area contributed by atoms with Gasteiger partial charge in [0.2, 0.25) is 0 Å². The quantitative estimate of drug-likeness (QED) is 0.834. The lowest BCUT2D eigenvalue weighted by molar-refractivity contribution is 0.236. The molecule has 0 spiro atoms. The molecule has 9 heteroatoms. The number of rotatable bonds is 4. The van der Waals surface area contributed by atoms with Gasteiger partial charge in [-0.2, -0.15) is 8.78 Å². The molecule has 0 saturated carbocycles. The van der Waals surface area contributed by atoms with Crippen molar-refractivity contribution in [1.29, 1.82) is 0 Å². The van der Waals surface area contributed by atoms with Gasteiger partial charge in [0.05, 0.1) is 10.7 Å². The second-order valence-electron chi connectivity index (χ2n) is 2.97. The zero-order valence-electron chi connectivity index (χ0n) is 8.15. The van der Waals surface area contributed by atoms with Crippen LogP contribution in [0.15, 0.2) is 18.2 Å². The standard InChI is InChI=1S/C8H7ClF2N2O2S2/c9-5-3-4(7(12)16)1-2-6(5)13-17(14,15)8(10)11/h1-3,8,13H,(H2,12,16). The molecule has 0 bridgehead atoms. The molecule has 1 aromatic rings. The largest absolute Gasteiger partial charge is 0.389 e. The van der Waals surface area contributed by atoms with Crippen molar-refractivity contribution in [3.8, 4) is 0 Å². The number of benzene rings is 1. The number of sulfonamides is 1. The molecule has 0 unspecified atom stereocenters. The Morgan fingerprint density at radius 1 is 1.47 bits per heavy atom. The molecule has 0 aliphatic heterocycles. The van der Waals surface area contributed by atoms with Crippen molar-refractivity contribution in [2.75, 3.05) is 4.72 Å². The van der Waals surface area contributed by atoms with Gasteiger partial charge in [0.25, 0.3) is 10.0 Å². The zero-order valence-corrected chi connectivity index (χ0v) is 10.5. The molecule has 4 nitrogen and oxygen atoms in total. The molecular formula is C8H7ClF2N2O2S2. The number of hydrogen-bond donors (Lipinski definition) is 2. The van der Waals surface area contributed by atoms with Gasteiger partial charge in [-0.1, -0.05) is 23.8 Å². The minimum absolute atomic E-state index is 0.0650. The molecule has 94 valence electrons. The van der Waals surface area contributed by atoms with Crippen LogP contribution in [0.4, 0.5) is 14.5 Å². The molecule has 3 N–H and O–H groups in total. The van der Waals surface area contributed by atoms with Crippen molar-refractivity contribution < 1.29 is 17.2 Å². The lowest BCUT2D eigenvalue weighted by atomic mass is 10.2. The van der Waals surface area contributed by atoms with E-state index < -0.39 is 15.8 Å². The van der Waals surface area contributed by atoms with Crippen LogP contribution in [0.2, 0.25) is 5.02 Å². The Morgan fingerprint density at radius 2 is 2.06 bits per heavy atom. The normalized spacial score (nSPS) is 11.5. The van der Waals surface area contributed by atoms with Crippen molar-refractivity contribution >= 4 is 44.5 Å². The fraction of sp³-hybridized carbons (Fsp3) is 0.125. The topological polar surface area (TPSA) is 72.2 Å². The van der Waals surface area contributed by atoms with Crippen LogP contribution < -0.4 is 10.5 Å². The van der Waals surface area contributed by atoms with Gasteiger partial charge in [-0.05, 0) is 18.2 Å². The molecular weight excluding hydrogens is 294 g/mol. The first-order valence-corrected chi connectivity index (χ1v) is 6.46. The molecule has 0 fully saturated rings. The van der Waals surface area contributed by atoms with Crippen LogP contribution in [0.25, 0.3) is 0 Å². The van der Waals surface area contributed by atoms with Crippen molar-refractivity contribution in [2.45, 2.75) is 5.76 Å². The Morgan fingerprint density at radius 3 is 2.47 bits per heavy atom. The number of hydrogen-bond acceptors (Lipinski definition) is 3. The predicted octanol–water partition coefficient (Wildman–Crippen LogP) is 1.94. The highest BCUT2D eigenvalue weighted by Gasteiger charge is 2.24. The molecule has 0 radical (unpaired) electrons. The van der Waals surface area contributed by atoms with Gasteiger partial charge in [0.15, 0.2) is 0 Å². The molecule has 0 aliphatic rings. The summed E-state index contributed by atoms with van der Waals surface area (Å²) in [6.07, 6.45) is 0. The highest BCUT2D eigenvalue weighted by atomic mass is 35.5. The molecule has 1 aromatic carbocycles. The van der Waals surface area contributed by atoms with E-state index in [0.717, 1.165) is 0 Å². The summed E-state index contributed by atoms with van der Waals surface area (Å²) in [6, 6.07) is 3.86. The first-order valence-electron chi connectivity index (χ1n) is 4.13. The van der Waals surface area contributed by atoms with Gasteiger partial charge < -0.3 is 5.73 Å². The van der Waals surface area contributed by atoms with Crippen LogP contribution in [0.5, 0.6) is 0 Å². The maximum absolute atomic E-state index is 12.1. The number of halogens is 3. The molecule has 1 rings (SSSR count). The van der Waals surface area contributed by atoms with Crippen molar-refractivity contribution in [1.82, 2.24) is 0 Å². The molecule has 0 amide bonds. The summed E-state index contributed by atoms with van der Waals surface area (Å²) in [5.41, 5.74) is 5.57. The Hall–Kier alpha value is -0.990. The van der Waals surface area contributed by atoms with E-state index in [9.17, 15) is 17.2 Å². The van der Waals surface area contributed by atoms with Crippen LogP contribution in [0, 0.1) is 0 Å². The number of alkyl halides is 2. The van der Waals surface area contributed by atoms with E-state index >= 15 is 0 Å². The van der Waals surface area contributed by atoms with Crippen molar-refractivity contribution in [2.24, 2.45) is 5.73 Å². The van der Waals surface area contributed by atoms with Gasteiger partial charge in [-0.25, -0.2) is 8.42 Å².